The molecule has 0 aliphatic rings. The molecule has 8 nitrogen and oxygen atoms in total. The minimum absolute atomic E-state index is 0.0989. The lowest BCUT2D eigenvalue weighted by Gasteiger charge is -2.09. The van der Waals surface area contributed by atoms with E-state index in [0.29, 0.717) is 17.9 Å². The van der Waals surface area contributed by atoms with Gasteiger partial charge in [0.05, 0.1) is 5.75 Å². The number of aliphatic imine (C=N–C) groups is 1. The SMILES string of the molecule is CCCC(=O)NC(/N=C\OCCS(=O)CCS(C)=O)C(=O)O. The van der Waals surface area contributed by atoms with E-state index in [1.807, 2.05) is 0 Å². The monoisotopic (exact) mass is 354 g/mol. The number of amides is 1. The molecule has 0 saturated heterocycles. The van der Waals surface area contributed by atoms with Crippen LogP contribution in [0.5, 0.6) is 0 Å². The van der Waals surface area contributed by atoms with Crippen LogP contribution < -0.4 is 5.32 Å². The average molecular weight is 354 g/mol. The van der Waals surface area contributed by atoms with Gasteiger partial charge in [-0.25, -0.2) is 9.79 Å². The van der Waals surface area contributed by atoms with Crippen molar-refractivity contribution in [1.82, 2.24) is 5.32 Å². The minimum atomic E-state index is -1.40. The lowest BCUT2D eigenvalue weighted by atomic mass is 10.3. The highest BCUT2D eigenvalue weighted by Crippen LogP contribution is 1.92. The van der Waals surface area contributed by atoms with Crippen LogP contribution in [-0.4, -0.2) is 68.1 Å². The van der Waals surface area contributed by atoms with Crippen molar-refractivity contribution in [2.45, 2.75) is 25.9 Å². The molecule has 0 aromatic rings. The van der Waals surface area contributed by atoms with E-state index in [-0.39, 0.29) is 18.8 Å². The van der Waals surface area contributed by atoms with Crippen LogP contribution >= 0.6 is 0 Å². The van der Waals surface area contributed by atoms with Gasteiger partial charge >= 0.3 is 5.97 Å². The van der Waals surface area contributed by atoms with Gasteiger partial charge in [-0.05, 0) is 6.42 Å². The molecular weight excluding hydrogens is 332 g/mol. The fourth-order valence-corrected chi connectivity index (χ4v) is 3.39. The van der Waals surface area contributed by atoms with Crippen LogP contribution in [0.1, 0.15) is 19.8 Å². The Morgan fingerprint density at radius 1 is 1.32 bits per heavy atom. The quantitative estimate of drug-likeness (QED) is 0.276. The van der Waals surface area contributed by atoms with E-state index in [2.05, 4.69) is 10.3 Å². The third-order valence-corrected chi connectivity index (χ3v) is 4.64. The minimum Gasteiger partial charge on any atom is -0.482 e. The van der Waals surface area contributed by atoms with Crippen molar-refractivity contribution >= 4 is 39.9 Å². The highest BCUT2D eigenvalue weighted by molar-refractivity contribution is 7.88. The fraction of sp³-hybridized carbons (Fsp3) is 0.750. The van der Waals surface area contributed by atoms with Gasteiger partial charge in [0.1, 0.15) is 6.61 Å². The molecule has 3 atom stereocenters. The van der Waals surface area contributed by atoms with Crippen molar-refractivity contribution in [2.75, 3.05) is 30.1 Å². The first-order valence-electron chi connectivity index (χ1n) is 6.67. The van der Waals surface area contributed by atoms with Gasteiger partial charge < -0.3 is 15.2 Å². The molecule has 0 aromatic carbocycles. The largest absolute Gasteiger partial charge is 0.482 e. The van der Waals surface area contributed by atoms with Gasteiger partial charge in [0.15, 0.2) is 6.40 Å². The predicted molar refractivity (Wildman–Crippen MR) is 85.7 cm³/mol. The van der Waals surface area contributed by atoms with Crippen molar-refractivity contribution in [3.05, 3.63) is 0 Å². The lowest BCUT2D eigenvalue weighted by Crippen LogP contribution is -2.39. The Balaban J connectivity index is 4.05. The van der Waals surface area contributed by atoms with E-state index >= 15 is 0 Å². The summed E-state index contributed by atoms with van der Waals surface area (Å²) < 4.78 is 27.3. The average Bonchev–Trinajstić information content (AvgIpc) is 2.43. The van der Waals surface area contributed by atoms with Crippen LogP contribution in [0.2, 0.25) is 0 Å². The number of carboxylic acids is 1. The van der Waals surface area contributed by atoms with E-state index in [0.717, 1.165) is 6.40 Å². The second-order valence-electron chi connectivity index (χ2n) is 4.31. The van der Waals surface area contributed by atoms with Crippen LogP contribution in [0.4, 0.5) is 0 Å². The molecule has 0 radical (unpaired) electrons. The van der Waals surface area contributed by atoms with Crippen LogP contribution in [0.3, 0.4) is 0 Å². The Hall–Kier alpha value is -1.29. The van der Waals surface area contributed by atoms with E-state index in [1.165, 1.54) is 0 Å². The topological polar surface area (TPSA) is 122 Å². The second-order valence-corrected chi connectivity index (χ2v) is 7.56. The molecule has 1 amide bonds. The predicted octanol–water partition coefficient (Wildman–Crippen LogP) is -0.514. The molecule has 0 aliphatic carbocycles. The highest BCUT2D eigenvalue weighted by atomic mass is 32.2. The van der Waals surface area contributed by atoms with Gasteiger partial charge in [0, 0.05) is 45.8 Å². The molecule has 0 aromatic heterocycles. The summed E-state index contributed by atoms with van der Waals surface area (Å²) in [5.74, 6) is -0.762. The van der Waals surface area contributed by atoms with Gasteiger partial charge in [-0.1, -0.05) is 6.92 Å². The molecule has 22 heavy (non-hydrogen) atoms. The summed E-state index contributed by atoms with van der Waals surface area (Å²) >= 11 is 0. The Labute approximate surface area is 134 Å². The van der Waals surface area contributed by atoms with E-state index in [1.54, 1.807) is 13.2 Å². The number of ether oxygens (including phenoxy) is 1. The Bertz CT molecular complexity index is 441. The highest BCUT2D eigenvalue weighted by Gasteiger charge is 2.17. The Morgan fingerprint density at radius 3 is 2.55 bits per heavy atom. The van der Waals surface area contributed by atoms with Crippen LogP contribution in [0, 0.1) is 0 Å². The maximum atomic E-state index is 11.5. The lowest BCUT2D eigenvalue weighted by molar-refractivity contribution is -0.141. The summed E-state index contributed by atoms with van der Waals surface area (Å²) in [4.78, 5) is 25.8. The summed E-state index contributed by atoms with van der Waals surface area (Å²) in [6.45, 7) is 1.90. The molecule has 0 aliphatic heterocycles. The van der Waals surface area contributed by atoms with Gasteiger partial charge in [-0.15, -0.1) is 0 Å². The Morgan fingerprint density at radius 2 is 2.00 bits per heavy atom. The molecular formula is C12H22N2O6S2. The second kappa shape index (κ2) is 12.3. The number of carboxylic acid groups (broad SMARTS) is 1. The van der Waals surface area contributed by atoms with Gasteiger partial charge in [-0.3, -0.25) is 13.2 Å². The van der Waals surface area contributed by atoms with E-state index in [9.17, 15) is 18.0 Å². The fourth-order valence-electron chi connectivity index (χ4n) is 1.22. The molecule has 10 heteroatoms. The smallest absolute Gasteiger partial charge is 0.349 e. The number of hydrogen-bond acceptors (Lipinski definition) is 6. The molecule has 0 spiro atoms. The van der Waals surface area contributed by atoms with Gasteiger partial charge in [-0.2, -0.15) is 0 Å². The van der Waals surface area contributed by atoms with E-state index < -0.39 is 39.6 Å². The molecule has 0 bridgehead atoms. The van der Waals surface area contributed by atoms with Gasteiger partial charge in [0.2, 0.25) is 12.1 Å². The number of aliphatic carboxylic acids is 1. The first kappa shape index (κ1) is 20.7. The summed E-state index contributed by atoms with van der Waals surface area (Å²) in [6.07, 6.45) is 1.90. The molecule has 0 fully saturated rings. The number of rotatable bonds is 12. The third-order valence-electron chi connectivity index (χ3n) is 2.32. The zero-order valence-electron chi connectivity index (χ0n) is 12.6. The number of carbonyl (C=O) groups is 2. The molecule has 3 unspecified atom stereocenters. The first-order valence-corrected chi connectivity index (χ1v) is 9.88. The van der Waals surface area contributed by atoms with Crippen molar-refractivity contribution in [2.24, 2.45) is 4.99 Å². The maximum absolute atomic E-state index is 11.5. The summed E-state index contributed by atoms with van der Waals surface area (Å²) in [6, 6.07) is 0. The number of nitrogens with zero attached hydrogens (tertiary/aromatic N) is 1. The van der Waals surface area contributed by atoms with Gasteiger partial charge in [0.25, 0.3) is 0 Å². The molecule has 2 N–H and O–H groups in total. The maximum Gasteiger partial charge on any atom is 0.349 e. The summed E-state index contributed by atoms with van der Waals surface area (Å²) in [5, 5.41) is 11.1. The molecule has 0 rings (SSSR count). The van der Waals surface area contributed by atoms with Crippen molar-refractivity contribution in [1.29, 1.82) is 0 Å². The molecule has 0 saturated carbocycles. The van der Waals surface area contributed by atoms with Crippen molar-refractivity contribution < 1.29 is 27.9 Å². The molecule has 128 valence electrons. The number of hydrogen-bond donors (Lipinski definition) is 2. The zero-order chi connectivity index (χ0) is 17.0. The van der Waals surface area contributed by atoms with E-state index in [4.69, 9.17) is 9.84 Å². The number of carbonyl (C=O) groups excluding carboxylic acids is 1. The van der Waals surface area contributed by atoms with Crippen molar-refractivity contribution in [3.8, 4) is 0 Å². The normalized spacial score (nSPS) is 15.2. The van der Waals surface area contributed by atoms with Crippen LogP contribution in [-0.2, 0) is 35.9 Å². The molecule has 0 heterocycles. The standard InChI is InChI=1S/C12H22N2O6S2/c1-3-4-10(15)14-11(12(16)17)13-9-20-5-6-22(19)8-7-21(2)18/h9,11H,3-8H2,1-2H3,(H,14,15)(H,16,17)/b13-9-. The first-order chi connectivity index (χ1) is 10.4. The Kier molecular flexibility index (Phi) is 11.6. The van der Waals surface area contributed by atoms with Crippen LogP contribution in [0.25, 0.3) is 0 Å². The van der Waals surface area contributed by atoms with Crippen LogP contribution in [0.15, 0.2) is 4.99 Å². The van der Waals surface area contributed by atoms with Crippen molar-refractivity contribution in [3.63, 3.8) is 0 Å². The zero-order valence-corrected chi connectivity index (χ0v) is 14.3. The summed E-state index contributed by atoms with van der Waals surface area (Å²) in [5.41, 5.74) is 0. The number of nitrogens with one attached hydrogen (secondary N) is 1. The third kappa shape index (κ3) is 11.4. The summed E-state index contributed by atoms with van der Waals surface area (Å²) in [7, 11) is -2.12.